The molecule has 2 N–H and O–H groups in total. The molecule has 0 spiro atoms. The number of hydrogen-bond acceptors (Lipinski definition) is 4. The predicted molar refractivity (Wildman–Crippen MR) is 97.7 cm³/mol. The summed E-state index contributed by atoms with van der Waals surface area (Å²) in [5.74, 6) is -1.61. The molecule has 1 atom stereocenters. The first-order chi connectivity index (χ1) is 13.0. The average Bonchev–Trinajstić information content (AvgIpc) is 3.51. The highest BCUT2D eigenvalue weighted by Gasteiger charge is 2.32. The number of nitrogens with one attached hydrogen (secondary N) is 2. The van der Waals surface area contributed by atoms with Gasteiger partial charge in [0.05, 0.1) is 0 Å². The second-order valence-electron chi connectivity index (χ2n) is 6.93. The summed E-state index contributed by atoms with van der Waals surface area (Å²) in [5.41, 5.74) is 0.495. The van der Waals surface area contributed by atoms with Crippen molar-refractivity contribution in [3.63, 3.8) is 0 Å². The lowest BCUT2D eigenvalue weighted by Crippen LogP contribution is -2.57. The van der Waals surface area contributed by atoms with Crippen LogP contribution in [0.1, 0.15) is 30.1 Å². The van der Waals surface area contributed by atoms with Crippen molar-refractivity contribution in [2.45, 2.75) is 31.8 Å². The van der Waals surface area contributed by atoms with Gasteiger partial charge >= 0.3 is 11.8 Å². The Kier molecular flexibility index (Phi) is 5.73. The molecule has 1 saturated heterocycles. The summed E-state index contributed by atoms with van der Waals surface area (Å²) in [6.07, 6.45) is 1.85. The lowest BCUT2D eigenvalue weighted by atomic mass is 10.2. The van der Waals surface area contributed by atoms with E-state index in [1.54, 1.807) is 36.1 Å². The van der Waals surface area contributed by atoms with Gasteiger partial charge in [-0.15, -0.1) is 0 Å². The van der Waals surface area contributed by atoms with Crippen LogP contribution >= 0.6 is 0 Å². The second-order valence-corrected chi connectivity index (χ2v) is 6.93. The maximum atomic E-state index is 12.6. The Morgan fingerprint density at radius 3 is 2.15 bits per heavy atom. The van der Waals surface area contributed by atoms with E-state index in [0.29, 0.717) is 31.7 Å². The first kappa shape index (κ1) is 18.9. The first-order valence-electron chi connectivity index (χ1n) is 9.20. The molecule has 0 radical (unpaired) electrons. The number of carbonyl (C=O) groups excluding carboxylic acids is 4. The number of rotatable bonds is 4. The summed E-state index contributed by atoms with van der Waals surface area (Å²) >= 11 is 0. The number of hydrogen-bond donors (Lipinski definition) is 2. The predicted octanol–water partition coefficient (Wildman–Crippen LogP) is -0.246. The molecule has 1 aliphatic carbocycles. The van der Waals surface area contributed by atoms with Crippen LogP contribution in [0, 0.1) is 0 Å². The van der Waals surface area contributed by atoms with Gasteiger partial charge < -0.3 is 20.4 Å². The molecule has 2 fully saturated rings. The molecule has 3 rings (SSSR count). The standard InChI is InChI=1S/C19H24N4O4/c1-13(20-16(24)14-5-3-2-4-6-14)18(26)22-9-11-23(12-10-22)19(27)17(25)21-15-7-8-15/h2-6,13,15H,7-12H2,1H3,(H,20,24)(H,21,25). The van der Waals surface area contributed by atoms with Crippen LogP contribution in [0.4, 0.5) is 0 Å². The molecule has 1 aromatic carbocycles. The Morgan fingerprint density at radius 1 is 0.963 bits per heavy atom. The van der Waals surface area contributed by atoms with Crippen LogP contribution in [-0.2, 0) is 14.4 Å². The Hall–Kier alpha value is -2.90. The smallest absolute Gasteiger partial charge is 0.312 e. The summed E-state index contributed by atoms with van der Waals surface area (Å²) in [6, 6.07) is 8.18. The fourth-order valence-corrected chi connectivity index (χ4v) is 2.95. The van der Waals surface area contributed by atoms with Gasteiger partial charge in [0.1, 0.15) is 6.04 Å². The van der Waals surface area contributed by atoms with E-state index in [4.69, 9.17) is 0 Å². The molecule has 1 aliphatic heterocycles. The molecule has 144 valence electrons. The van der Waals surface area contributed by atoms with Crippen LogP contribution in [0.2, 0.25) is 0 Å². The van der Waals surface area contributed by atoms with E-state index >= 15 is 0 Å². The Labute approximate surface area is 157 Å². The van der Waals surface area contributed by atoms with E-state index in [2.05, 4.69) is 10.6 Å². The molecule has 8 nitrogen and oxygen atoms in total. The minimum Gasteiger partial charge on any atom is -0.345 e. The number of nitrogens with zero attached hydrogens (tertiary/aromatic N) is 2. The molecule has 1 unspecified atom stereocenters. The second kappa shape index (κ2) is 8.20. The zero-order valence-electron chi connectivity index (χ0n) is 15.3. The molecule has 1 heterocycles. The van der Waals surface area contributed by atoms with Crippen molar-refractivity contribution in [1.82, 2.24) is 20.4 Å². The minimum atomic E-state index is -0.668. The van der Waals surface area contributed by atoms with Crippen molar-refractivity contribution in [3.8, 4) is 0 Å². The van der Waals surface area contributed by atoms with Crippen LogP contribution in [0.5, 0.6) is 0 Å². The monoisotopic (exact) mass is 372 g/mol. The van der Waals surface area contributed by atoms with Gasteiger partial charge in [0.15, 0.2) is 0 Å². The number of carbonyl (C=O) groups is 4. The summed E-state index contributed by atoms with van der Waals surface area (Å²) in [7, 11) is 0. The average molecular weight is 372 g/mol. The van der Waals surface area contributed by atoms with Gasteiger partial charge in [-0.25, -0.2) is 0 Å². The quantitative estimate of drug-likeness (QED) is 0.713. The third kappa shape index (κ3) is 4.84. The fraction of sp³-hybridized carbons (Fsp3) is 0.474. The van der Waals surface area contributed by atoms with Gasteiger partial charge in [-0.05, 0) is 31.9 Å². The molecule has 4 amide bonds. The van der Waals surface area contributed by atoms with Gasteiger partial charge in [0.25, 0.3) is 5.91 Å². The number of piperazine rings is 1. The fourth-order valence-electron chi connectivity index (χ4n) is 2.95. The van der Waals surface area contributed by atoms with Crippen molar-refractivity contribution in [2.24, 2.45) is 0 Å². The third-order valence-corrected chi connectivity index (χ3v) is 4.74. The molecular weight excluding hydrogens is 348 g/mol. The molecule has 1 aromatic rings. The van der Waals surface area contributed by atoms with E-state index < -0.39 is 17.9 Å². The summed E-state index contributed by atoms with van der Waals surface area (Å²) in [5, 5.41) is 5.38. The number of amides is 4. The molecule has 0 bridgehead atoms. The molecule has 8 heteroatoms. The molecular formula is C19H24N4O4. The lowest BCUT2D eigenvalue weighted by molar-refractivity contribution is -0.148. The van der Waals surface area contributed by atoms with E-state index in [-0.39, 0.29) is 17.9 Å². The van der Waals surface area contributed by atoms with Gasteiger partial charge in [-0.3, -0.25) is 19.2 Å². The molecule has 1 saturated carbocycles. The molecule has 0 aromatic heterocycles. The Morgan fingerprint density at radius 2 is 1.56 bits per heavy atom. The van der Waals surface area contributed by atoms with Crippen molar-refractivity contribution < 1.29 is 19.2 Å². The van der Waals surface area contributed by atoms with Crippen molar-refractivity contribution in [3.05, 3.63) is 35.9 Å². The maximum absolute atomic E-state index is 12.6. The zero-order chi connectivity index (χ0) is 19.4. The normalized spacial score (nSPS) is 17.8. The third-order valence-electron chi connectivity index (χ3n) is 4.74. The van der Waals surface area contributed by atoms with Crippen LogP contribution in [0.25, 0.3) is 0 Å². The van der Waals surface area contributed by atoms with Crippen molar-refractivity contribution >= 4 is 23.6 Å². The highest BCUT2D eigenvalue weighted by Crippen LogP contribution is 2.18. The largest absolute Gasteiger partial charge is 0.345 e. The van der Waals surface area contributed by atoms with Crippen LogP contribution in [0.15, 0.2) is 30.3 Å². The van der Waals surface area contributed by atoms with Gasteiger partial charge in [0, 0.05) is 37.8 Å². The van der Waals surface area contributed by atoms with Gasteiger partial charge in [0.2, 0.25) is 5.91 Å². The van der Waals surface area contributed by atoms with Crippen molar-refractivity contribution in [1.29, 1.82) is 0 Å². The van der Waals surface area contributed by atoms with Crippen LogP contribution in [-0.4, -0.2) is 71.7 Å². The van der Waals surface area contributed by atoms with E-state index in [0.717, 1.165) is 12.8 Å². The topological polar surface area (TPSA) is 98.8 Å². The minimum absolute atomic E-state index is 0.137. The summed E-state index contributed by atoms with van der Waals surface area (Å²) in [4.78, 5) is 51.8. The maximum Gasteiger partial charge on any atom is 0.312 e. The highest BCUT2D eigenvalue weighted by atomic mass is 16.2. The Balaban J connectivity index is 1.46. The van der Waals surface area contributed by atoms with E-state index in [1.165, 1.54) is 4.90 Å². The highest BCUT2D eigenvalue weighted by molar-refractivity contribution is 6.35. The van der Waals surface area contributed by atoms with E-state index in [9.17, 15) is 19.2 Å². The van der Waals surface area contributed by atoms with Crippen molar-refractivity contribution in [2.75, 3.05) is 26.2 Å². The van der Waals surface area contributed by atoms with Crippen LogP contribution < -0.4 is 10.6 Å². The molecule has 2 aliphatic rings. The van der Waals surface area contributed by atoms with Gasteiger partial charge in [-0.2, -0.15) is 0 Å². The lowest BCUT2D eigenvalue weighted by Gasteiger charge is -2.35. The van der Waals surface area contributed by atoms with Gasteiger partial charge in [-0.1, -0.05) is 18.2 Å². The van der Waals surface area contributed by atoms with E-state index in [1.807, 2.05) is 6.07 Å². The zero-order valence-corrected chi connectivity index (χ0v) is 15.3. The summed E-state index contributed by atoms with van der Waals surface area (Å²) in [6.45, 7) is 2.94. The molecule has 27 heavy (non-hydrogen) atoms. The number of benzene rings is 1. The summed E-state index contributed by atoms with van der Waals surface area (Å²) < 4.78 is 0. The SMILES string of the molecule is CC(NC(=O)c1ccccc1)C(=O)N1CCN(C(=O)C(=O)NC2CC2)CC1. The Bertz CT molecular complexity index is 724. The van der Waals surface area contributed by atoms with Crippen LogP contribution in [0.3, 0.4) is 0 Å². The first-order valence-corrected chi connectivity index (χ1v) is 9.20.